The van der Waals surface area contributed by atoms with E-state index in [1.54, 1.807) is 6.07 Å². The lowest BCUT2D eigenvalue weighted by atomic mass is 9.71. The number of carbonyl (C=O) groups is 1. The first-order valence-corrected chi connectivity index (χ1v) is 9.87. The lowest BCUT2D eigenvalue weighted by Gasteiger charge is -2.30. The number of rotatable bonds is 4. The third-order valence-corrected chi connectivity index (χ3v) is 6.02. The molecule has 3 aromatic carbocycles. The SMILES string of the molecule is Cc1cc([C@@](C=O)(c2ccc(Br)cc2)c2[nH]c3ccccc3c2C)ccc1O. The zero-order valence-corrected chi connectivity index (χ0v) is 17.2. The molecule has 0 aliphatic heterocycles. The van der Waals surface area contributed by atoms with E-state index in [9.17, 15) is 9.90 Å². The lowest BCUT2D eigenvalue weighted by Crippen LogP contribution is -2.32. The lowest BCUT2D eigenvalue weighted by molar-refractivity contribution is -0.110. The van der Waals surface area contributed by atoms with Crippen LogP contribution in [0.3, 0.4) is 0 Å². The number of nitrogens with one attached hydrogen (secondary N) is 1. The number of aromatic amines is 1. The van der Waals surface area contributed by atoms with Crippen molar-refractivity contribution in [3.05, 3.63) is 99.2 Å². The molecule has 0 saturated heterocycles. The number of H-pyrrole nitrogens is 1. The zero-order chi connectivity index (χ0) is 19.9. The quantitative estimate of drug-likeness (QED) is 0.400. The van der Waals surface area contributed by atoms with Crippen molar-refractivity contribution in [1.29, 1.82) is 0 Å². The molecule has 0 radical (unpaired) electrons. The Hall–Kier alpha value is -2.85. The number of halogens is 1. The van der Waals surface area contributed by atoms with E-state index < -0.39 is 5.41 Å². The van der Waals surface area contributed by atoms with Gasteiger partial charge in [0.15, 0.2) is 0 Å². The van der Waals surface area contributed by atoms with E-state index in [1.165, 1.54) is 0 Å². The van der Waals surface area contributed by atoms with Gasteiger partial charge in [0.1, 0.15) is 17.5 Å². The molecule has 0 aliphatic carbocycles. The first-order chi connectivity index (χ1) is 13.5. The van der Waals surface area contributed by atoms with Gasteiger partial charge in [-0.2, -0.15) is 0 Å². The highest BCUT2D eigenvalue weighted by Crippen LogP contribution is 2.42. The van der Waals surface area contributed by atoms with E-state index in [2.05, 4.69) is 27.0 Å². The number of benzene rings is 3. The van der Waals surface area contributed by atoms with Crippen LogP contribution in [0.2, 0.25) is 0 Å². The van der Waals surface area contributed by atoms with E-state index in [0.717, 1.165) is 49.6 Å². The second kappa shape index (κ2) is 6.95. The summed E-state index contributed by atoms with van der Waals surface area (Å²) in [7, 11) is 0. The summed E-state index contributed by atoms with van der Waals surface area (Å²) in [6.07, 6.45) is 1.000. The number of phenolic OH excluding ortho intramolecular Hbond substituents is 1. The Kier molecular flexibility index (Phi) is 4.60. The van der Waals surface area contributed by atoms with Crippen LogP contribution in [-0.2, 0) is 10.2 Å². The Labute approximate surface area is 172 Å². The highest BCUT2D eigenvalue weighted by Gasteiger charge is 2.39. The molecule has 28 heavy (non-hydrogen) atoms. The van der Waals surface area contributed by atoms with Gasteiger partial charge >= 0.3 is 0 Å². The molecule has 3 nitrogen and oxygen atoms in total. The second-order valence-corrected chi connectivity index (χ2v) is 8.02. The molecule has 4 heteroatoms. The topological polar surface area (TPSA) is 53.1 Å². The van der Waals surface area contributed by atoms with Gasteiger partial charge in [0.25, 0.3) is 0 Å². The van der Waals surface area contributed by atoms with E-state index in [0.29, 0.717) is 0 Å². The molecule has 0 bridgehead atoms. The molecule has 0 unspecified atom stereocenters. The van der Waals surface area contributed by atoms with Crippen LogP contribution in [-0.4, -0.2) is 16.4 Å². The number of para-hydroxylation sites is 1. The number of aryl methyl sites for hydroxylation is 2. The van der Waals surface area contributed by atoms with Crippen molar-refractivity contribution < 1.29 is 9.90 Å². The van der Waals surface area contributed by atoms with Crippen molar-refractivity contribution >= 4 is 33.1 Å². The molecule has 1 aromatic heterocycles. The number of aromatic nitrogens is 1. The number of hydrogen-bond acceptors (Lipinski definition) is 2. The fraction of sp³-hybridized carbons (Fsp3) is 0.125. The van der Waals surface area contributed by atoms with Crippen LogP contribution in [0, 0.1) is 13.8 Å². The van der Waals surface area contributed by atoms with Gasteiger partial charge in [-0.15, -0.1) is 0 Å². The summed E-state index contributed by atoms with van der Waals surface area (Å²) in [5, 5.41) is 11.1. The van der Waals surface area contributed by atoms with Crippen molar-refractivity contribution in [2.45, 2.75) is 19.3 Å². The summed E-state index contributed by atoms with van der Waals surface area (Å²) in [4.78, 5) is 16.3. The first kappa shape index (κ1) is 18.5. The number of fused-ring (bicyclic) bond motifs is 1. The number of phenols is 1. The fourth-order valence-electron chi connectivity index (χ4n) is 3.94. The van der Waals surface area contributed by atoms with Crippen LogP contribution < -0.4 is 0 Å². The first-order valence-electron chi connectivity index (χ1n) is 9.07. The monoisotopic (exact) mass is 433 g/mol. The fourth-order valence-corrected chi connectivity index (χ4v) is 4.20. The van der Waals surface area contributed by atoms with E-state index in [1.807, 2.05) is 68.4 Å². The standard InChI is InChI=1S/C24H20BrNO2/c1-15-13-18(9-12-22(15)28)24(14-27,17-7-10-19(25)11-8-17)23-16(2)20-5-3-4-6-21(20)26-23/h3-14,26,28H,1-2H3/t24-/m1/s1. The molecule has 0 spiro atoms. The van der Waals surface area contributed by atoms with E-state index in [4.69, 9.17) is 0 Å². The maximum absolute atomic E-state index is 12.8. The van der Waals surface area contributed by atoms with Gasteiger partial charge in [0.05, 0.1) is 0 Å². The molecule has 1 heterocycles. The normalized spacial score (nSPS) is 13.4. The summed E-state index contributed by atoms with van der Waals surface area (Å²) in [6.45, 7) is 3.88. The Bertz CT molecular complexity index is 1180. The molecule has 0 aliphatic rings. The second-order valence-electron chi connectivity index (χ2n) is 7.10. The van der Waals surface area contributed by atoms with Gasteiger partial charge in [0.2, 0.25) is 0 Å². The minimum Gasteiger partial charge on any atom is -0.508 e. The number of aromatic hydroxyl groups is 1. The van der Waals surface area contributed by atoms with Crippen LogP contribution in [0.1, 0.15) is 27.9 Å². The minimum atomic E-state index is -1.01. The van der Waals surface area contributed by atoms with Crippen LogP contribution in [0.25, 0.3) is 10.9 Å². The van der Waals surface area contributed by atoms with Crippen molar-refractivity contribution in [3.8, 4) is 5.75 Å². The molecule has 2 N–H and O–H groups in total. The molecule has 0 fully saturated rings. The van der Waals surface area contributed by atoms with Crippen LogP contribution in [0.4, 0.5) is 0 Å². The Morgan fingerprint density at radius 2 is 1.64 bits per heavy atom. The smallest absolute Gasteiger partial charge is 0.140 e. The summed E-state index contributed by atoms with van der Waals surface area (Å²) >= 11 is 3.48. The number of hydrogen-bond donors (Lipinski definition) is 2. The summed E-state index contributed by atoms with van der Waals surface area (Å²) in [6, 6.07) is 21.2. The van der Waals surface area contributed by atoms with Gasteiger partial charge < -0.3 is 14.9 Å². The predicted octanol–water partition coefficient (Wildman–Crippen LogP) is 5.79. The third-order valence-electron chi connectivity index (χ3n) is 5.49. The van der Waals surface area contributed by atoms with Crippen LogP contribution >= 0.6 is 15.9 Å². The highest BCUT2D eigenvalue weighted by molar-refractivity contribution is 9.10. The molecule has 0 amide bonds. The van der Waals surface area contributed by atoms with E-state index >= 15 is 0 Å². The zero-order valence-electron chi connectivity index (χ0n) is 15.7. The molecule has 4 aromatic rings. The molecule has 4 rings (SSSR count). The maximum Gasteiger partial charge on any atom is 0.140 e. The molecular weight excluding hydrogens is 414 g/mol. The summed E-state index contributed by atoms with van der Waals surface area (Å²) in [5.41, 5.74) is 4.28. The average Bonchev–Trinajstić information content (AvgIpc) is 3.04. The summed E-state index contributed by atoms with van der Waals surface area (Å²) in [5.74, 6) is 0.215. The van der Waals surface area contributed by atoms with Crippen LogP contribution in [0.15, 0.2) is 71.2 Å². The van der Waals surface area contributed by atoms with Gasteiger partial charge in [-0.25, -0.2) is 0 Å². The van der Waals surface area contributed by atoms with Crippen LogP contribution in [0.5, 0.6) is 5.75 Å². The molecule has 140 valence electrons. The van der Waals surface area contributed by atoms with E-state index in [-0.39, 0.29) is 5.75 Å². The highest BCUT2D eigenvalue weighted by atomic mass is 79.9. The molecule has 0 saturated carbocycles. The molecule has 1 atom stereocenters. The Morgan fingerprint density at radius 1 is 0.964 bits per heavy atom. The Balaban J connectivity index is 2.10. The van der Waals surface area contributed by atoms with Gasteiger partial charge in [-0.1, -0.05) is 58.4 Å². The van der Waals surface area contributed by atoms with Crippen molar-refractivity contribution in [1.82, 2.24) is 4.98 Å². The number of aldehydes is 1. The van der Waals surface area contributed by atoms with Gasteiger partial charge in [-0.05, 0) is 60.4 Å². The van der Waals surface area contributed by atoms with Crippen molar-refractivity contribution in [2.75, 3.05) is 0 Å². The third kappa shape index (κ3) is 2.76. The number of carbonyl (C=O) groups excluding carboxylic acids is 1. The van der Waals surface area contributed by atoms with Gasteiger partial charge in [-0.3, -0.25) is 0 Å². The Morgan fingerprint density at radius 3 is 2.29 bits per heavy atom. The minimum absolute atomic E-state index is 0.215. The van der Waals surface area contributed by atoms with Gasteiger partial charge in [0, 0.05) is 21.1 Å². The largest absolute Gasteiger partial charge is 0.508 e. The average molecular weight is 434 g/mol. The van der Waals surface area contributed by atoms with Crippen molar-refractivity contribution in [2.24, 2.45) is 0 Å². The maximum atomic E-state index is 12.8. The predicted molar refractivity (Wildman–Crippen MR) is 116 cm³/mol. The van der Waals surface area contributed by atoms with Crippen molar-refractivity contribution in [3.63, 3.8) is 0 Å². The summed E-state index contributed by atoms with van der Waals surface area (Å²) < 4.78 is 0.950. The molecular formula is C24H20BrNO2.